The number of carbonyl (C=O) groups excluding carboxylic acids is 3. The molecule has 4 N–H and O–H groups in total. The number of hydrogen-bond acceptors (Lipinski definition) is 6. The number of aromatic amines is 3. The molecule has 2 aliphatic heterocycles. The maximum Gasteiger partial charge on any atom is 0.321 e. The Hall–Kier alpha value is -4.79. The van der Waals surface area contributed by atoms with E-state index in [1.807, 2.05) is 13.0 Å². The van der Waals surface area contributed by atoms with Gasteiger partial charge < -0.3 is 29.7 Å². The molecule has 9 heteroatoms. The van der Waals surface area contributed by atoms with Crippen molar-refractivity contribution in [1.29, 1.82) is 0 Å². The molecule has 9 nitrogen and oxygen atoms in total. The van der Waals surface area contributed by atoms with Gasteiger partial charge in [0.2, 0.25) is 0 Å². The lowest BCUT2D eigenvalue weighted by molar-refractivity contribution is -0.142. The minimum absolute atomic E-state index is 0.0606. The van der Waals surface area contributed by atoms with Crippen LogP contribution in [0.5, 0.6) is 0 Å². The summed E-state index contributed by atoms with van der Waals surface area (Å²) < 4.78 is 10.2. The Labute approximate surface area is 262 Å². The smallest absolute Gasteiger partial charge is 0.321 e. The number of aromatic nitrogens is 3. The van der Waals surface area contributed by atoms with Gasteiger partial charge >= 0.3 is 11.9 Å². The first-order valence-corrected chi connectivity index (χ1v) is 15.4. The molecule has 0 radical (unpaired) electrons. The molecular formula is C36H40N4O5. The van der Waals surface area contributed by atoms with Gasteiger partial charge in [-0.1, -0.05) is 26.5 Å². The molecule has 3 aliphatic rings. The molecule has 1 aliphatic carbocycles. The average Bonchev–Trinajstić information content (AvgIpc) is 3.76. The van der Waals surface area contributed by atoms with Crippen molar-refractivity contribution in [2.75, 3.05) is 14.2 Å². The lowest BCUT2D eigenvalue weighted by Crippen LogP contribution is -2.25. The highest BCUT2D eigenvalue weighted by atomic mass is 16.5. The van der Waals surface area contributed by atoms with Crippen molar-refractivity contribution in [1.82, 2.24) is 20.3 Å². The third-order valence-corrected chi connectivity index (χ3v) is 9.97. The summed E-state index contributed by atoms with van der Waals surface area (Å²) in [6.07, 6.45) is 9.62. The molecule has 5 heterocycles. The van der Waals surface area contributed by atoms with Crippen LogP contribution in [0.15, 0.2) is 18.0 Å². The van der Waals surface area contributed by atoms with Gasteiger partial charge in [0, 0.05) is 74.1 Å². The highest BCUT2D eigenvalue weighted by Gasteiger charge is 2.48. The number of Topliss-reactive ketones (excluding diaryl/α,β-unsaturated/α-hetero) is 1. The number of allylic oxidation sites excluding steroid dienone is 2. The topological polar surface area (TPSA) is 129 Å². The van der Waals surface area contributed by atoms with Crippen molar-refractivity contribution in [2.24, 2.45) is 17.8 Å². The van der Waals surface area contributed by atoms with Crippen molar-refractivity contribution in [3.8, 4) is 0 Å². The second kappa shape index (κ2) is 11.3. The molecular weight excluding hydrogens is 568 g/mol. The van der Waals surface area contributed by atoms with E-state index in [9.17, 15) is 14.4 Å². The van der Waals surface area contributed by atoms with Crippen LogP contribution >= 0.6 is 0 Å². The molecule has 6 rings (SSSR count). The van der Waals surface area contributed by atoms with E-state index >= 15 is 0 Å². The Morgan fingerprint density at radius 1 is 0.933 bits per heavy atom. The second-order valence-corrected chi connectivity index (χ2v) is 12.2. The number of nitrogens with one attached hydrogen (secondary N) is 4. The van der Waals surface area contributed by atoms with E-state index in [1.54, 1.807) is 0 Å². The minimum atomic E-state index is -1.12. The van der Waals surface area contributed by atoms with Crippen molar-refractivity contribution >= 4 is 47.6 Å². The Morgan fingerprint density at radius 3 is 2.31 bits per heavy atom. The van der Waals surface area contributed by atoms with E-state index in [4.69, 9.17) is 9.47 Å². The predicted octanol–water partition coefficient (Wildman–Crippen LogP) is 4.32. The highest BCUT2D eigenvalue weighted by molar-refractivity contribution is 6.24. The number of H-pyrrole nitrogens is 3. The fourth-order valence-electron chi connectivity index (χ4n) is 7.37. The summed E-state index contributed by atoms with van der Waals surface area (Å²) >= 11 is 0. The third kappa shape index (κ3) is 4.64. The van der Waals surface area contributed by atoms with Crippen LogP contribution < -0.4 is 16.0 Å². The van der Waals surface area contributed by atoms with Crippen LogP contribution in [0.25, 0.3) is 29.9 Å². The number of ketones is 1. The second-order valence-electron chi connectivity index (χ2n) is 12.2. The molecule has 1 saturated heterocycles. The van der Waals surface area contributed by atoms with Crippen LogP contribution in [-0.4, -0.2) is 46.9 Å². The van der Waals surface area contributed by atoms with Gasteiger partial charge in [-0.3, -0.25) is 14.4 Å². The lowest BCUT2D eigenvalue weighted by atomic mass is 9.85. The average molecular weight is 609 g/mol. The summed E-state index contributed by atoms with van der Waals surface area (Å²) in [4.78, 5) is 50.5. The molecule has 0 spiro atoms. The van der Waals surface area contributed by atoms with Gasteiger partial charge in [-0.2, -0.15) is 0 Å². The first-order chi connectivity index (χ1) is 21.5. The fraction of sp³-hybridized carbons (Fsp3) is 0.361. The lowest BCUT2D eigenvalue weighted by Gasteiger charge is -2.19. The van der Waals surface area contributed by atoms with Crippen molar-refractivity contribution in [2.45, 2.75) is 53.9 Å². The quantitative estimate of drug-likeness (QED) is 0.244. The van der Waals surface area contributed by atoms with E-state index in [-0.39, 0.29) is 30.0 Å². The van der Waals surface area contributed by atoms with Crippen LogP contribution in [0.3, 0.4) is 0 Å². The standard InChI is InChI=1S/C36H40N4O5/c1-9-20-16(3)23-13-25-18(5)22(11-12-29(41)44-7)33(39-25)31-32(36(43)45-8)35(42)30-19(6)26(40-34(30)31)15-28-21(10-2)17(4)24(38-28)14-27(20)37-23/h9,13-15,18,22,32,37-40H,1,10-12H2,2-8H3/b24-14-,25-13-,28-15-,33-31-. The Morgan fingerprint density at radius 2 is 1.64 bits per heavy atom. The molecule has 1 fully saturated rings. The molecule has 0 aromatic carbocycles. The molecule has 234 valence electrons. The van der Waals surface area contributed by atoms with Crippen LogP contribution in [0, 0.1) is 38.5 Å². The van der Waals surface area contributed by atoms with Gasteiger partial charge in [0.1, 0.15) is 5.92 Å². The molecule has 3 aromatic heterocycles. The fourth-order valence-corrected chi connectivity index (χ4v) is 7.37. The van der Waals surface area contributed by atoms with Crippen molar-refractivity contribution in [3.63, 3.8) is 0 Å². The molecule has 8 bridgehead atoms. The van der Waals surface area contributed by atoms with E-state index in [0.717, 1.165) is 67.8 Å². The Balaban J connectivity index is 1.72. The Bertz CT molecular complexity index is 1980. The van der Waals surface area contributed by atoms with Crippen LogP contribution in [-0.2, 0) is 25.5 Å². The normalized spacial score (nSPS) is 24.2. The third-order valence-electron chi connectivity index (χ3n) is 9.97. The number of ether oxygens (including phenoxy) is 2. The summed E-state index contributed by atoms with van der Waals surface area (Å²) in [5.41, 5.74) is 11.2. The van der Waals surface area contributed by atoms with E-state index in [2.05, 4.69) is 72.8 Å². The molecule has 3 unspecified atom stereocenters. The molecule has 45 heavy (non-hydrogen) atoms. The van der Waals surface area contributed by atoms with Gasteiger partial charge in [0.15, 0.2) is 5.78 Å². The monoisotopic (exact) mass is 608 g/mol. The predicted molar refractivity (Wildman–Crippen MR) is 174 cm³/mol. The highest BCUT2D eigenvalue weighted by Crippen LogP contribution is 2.48. The van der Waals surface area contributed by atoms with Crippen LogP contribution in [0.1, 0.15) is 87.6 Å². The Kier molecular flexibility index (Phi) is 7.59. The molecule has 3 atom stereocenters. The first kappa shape index (κ1) is 30.2. The van der Waals surface area contributed by atoms with E-state index < -0.39 is 11.9 Å². The van der Waals surface area contributed by atoms with Gasteiger partial charge in [0.05, 0.1) is 19.9 Å². The maximum atomic E-state index is 14.1. The van der Waals surface area contributed by atoms with Crippen LogP contribution in [0.4, 0.5) is 0 Å². The number of fused-ring (bicyclic) bond motifs is 7. The zero-order valence-electron chi connectivity index (χ0n) is 26.9. The molecule has 0 amide bonds. The van der Waals surface area contributed by atoms with Gasteiger partial charge in [-0.15, -0.1) is 0 Å². The molecule has 0 saturated carbocycles. The first-order valence-electron chi connectivity index (χ1n) is 15.4. The summed E-state index contributed by atoms with van der Waals surface area (Å²) in [7, 11) is 2.68. The van der Waals surface area contributed by atoms with Crippen molar-refractivity contribution in [3.05, 3.63) is 84.8 Å². The minimum Gasteiger partial charge on any atom is -0.469 e. The van der Waals surface area contributed by atoms with Gasteiger partial charge in [-0.25, -0.2) is 0 Å². The van der Waals surface area contributed by atoms with Crippen LogP contribution in [0.2, 0.25) is 0 Å². The summed E-state index contributed by atoms with van der Waals surface area (Å²) in [6.45, 7) is 14.4. The van der Waals surface area contributed by atoms with Gasteiger partial charge in [-0.05, 0) is 74.1 Å². The number of methoxy groups -OCH3 is 2. The zero-order chi connectivity index (χ0) is 32.3. The maximum absolute atomic E-state index is 14.1. The largest absolute Gasteiger partial charge is 0.469 e. The number of esters is 2. The summed E-state index contributed by atoms with van der Waals surface area (Å²) in [5, 5.41) is 5.57. The zero-order valence-corrected chi connectivity index (χ0v) is 26.9. The summed E-state index contributed by atoms with van der Waals surface area (Å²) in [6, 6.07) is 0. The SMILES string of the molecule is C=Cc1c2[nH]c(c1C)/C=C1\N/C(=C3\c4[nH]c(c(C)c4C(=O)C3C(=O)OC)/C=c3\[nH]/c(c(C)c3CC)=C\2)C(CCC(=O)OC)C1C. The van der Waals surface area contributed by atoms with Crippen molar-refractivity contribution < 1.29 is 23.9 Å². The number of rotatable bonds is 6. The summed E-state index contributed by atoms with van der Waals surface area (Å²) in [5.74, 6) is -2.59. The van der Waals surface area contributed by atoms with E-state index in [1.165, 1.54) is 19.8 Å². The number of carbonyl (C=O) groups is 3. The number of hydrogen-bond donors (Lipinski definition) is 4. The molecule has 3 aromatic rings. The van der Waals surface area contributed by atoms with Gasteiger partial charge in [0.25, 0.3) is 0 Å². The van der Waals surface area contributed by atoms with E-state index in [0.29, 0.717) is 23.3 Å².